The van der Waals surface area contributed by atoms with Gasteiger partial charge in [0.15, 0.2) is 0 Å². The highest BCUT2D eigenvalue weighted by Gasteiger charge is 2.05. The lowest BCUT2D eigenvalue weighted by Crippen LogP contribution is -1.87. The summed E-state index contributed by atoms with van der Waals surface area (Å²) in [5, 5.41) is 7.12. The maximum atomic E-state index is 4.24. The van der Waals surface area contributed by atoms with Gasteiger partial charge in [-0.1, -0.05) is 38.1 Å². The van der Waals surface area contributed by atoms with Crippen molar-refractivity contribution >= 4 is 0 Å². The van der Waals surface area contributed by atoms with Crippen molar-refractivity contribution in [1.29, 1.82) is 0 Å². The van der Waals surface area contributed by atoms with Gasteiger partial charge in [-0.05, 0) is 24.0 Å². The molecule has 0 saturated carbocycles. The molecular weight excluding hydrogens is 184 g/mol. The molecule has 0 fully saturated rings. The van der Waals surface area contributed by atoms with Gasteiger partial charge < -0.3 is 0 Å². The van der Waals surface area contributed by atoms with Crippen LogP contribution in [0.15, 0.2) is 30.5 Å². The van der Waals surface area contributed by atoms with Crippen LogP contribution in [-0.4, -0.2) is 10.2 Å². The van der Waals surface area contributed by atoms with Crippen LogP contribution in [-0.2, 0) is 0 Å². The third-order valence-electron chi connectivity index (χ3n) is 2.68. The molecule has 2 nitrogen and oxygen atoms in total. The van der Waals surface area contributed by atoms with Crippen LogP contribution in [0.5, 0.6) is 0 Å². The minimum atomic E-state index is 0.583. The molecule has 1 aromatic carbocycles. The monoisotopic (exact) mass is 200 g/mol. The maximum absolute atomic E-state index is 4.24. The molecule has 0 aliphatic heterocycles. The molecule has 1 heterocycles. The van der Waals surface area contributed by atoms with E-state index in [2.05, 4.69) is 55.2 Å². The summed E-state index contributed by atoms with van der Waals surface area (Å²) in [5.41, 5.74) is 4.78. The van der Waals surface area contributed by atoms with E-state index in [1.54, 1.807) is 0 Å². The third kappa shape index (κ3) is 1.94. The fourth-order valence-corrected chi connectivity index (χ4v) is 1.67. The van der Waals surface area contributed by atoms with E-state index in [0.29, 0.717) is 5.92 Å². The van der Waals surface area contributed by atoms with Crippen LogP contribution < -0.4 is 0 Å². The topological polar surface area (TPSA) is 28.7 Å². The number of nitrogens with one attached hydrogen (secondary N) is 1. The summed E-state index contributed by atoms with van der Waals surface area (Å²) in [4.78, 5) is 0. The zero-order valence-corrected chi connectivity index (χ0v) is 9.41. The Balaban J connectivity index is 2.36. The van der Waals surface area contributed by atoms with Crippen molar-refractivity contribution in [3.63, 3.8) is 0 Å². The second-order valence-corrected chi connectivity index (χ2v) is 4.19. The van der Waals surface area contributed by atoms with E-state index in [1.165, 1.54) is 16.7 Å². The van der Waals surface area contributed by atoms with Crippen molar-refractivity contribution in [2.45, 2.75) is 26.7 Å². The largest absolute Gasteiger partial charge is 0.285 e. The molecule has 1 aromatic heterocycles. The van der Waals surface area contributed by atoms with Crippen LogP contribution in [0, 0.1) is 6.92 Å². The second kappa shape index (κ2) is 3.89. The van der Waals surface area contributed by atoms with Gasteiger partial charge in [-0.25, -0.2) is 0 Å². The first-order chi connectivity index (χ1) is 7.18. The molecule has 15 heavy (non-hydrogen) atoms. The molecule has 78 valence electrons. The summed E-state index contributed by atoms with van der Waals surface area (Å²) in [7, 11) is 0. The number of H-pyrrole nitrogens is 1. The highest BCUT2D eigenvalue weighted by Crippen LogP contribution is 2.22. The summed E-state index contributed by atoms with van der Waals surface area (Å²) in [5.74, 6) is 0.583. The summed E-state index contributed by atoms with van der Waals surface area (Å²) in [6, 6.07) is 8.62. The molecule has 0 aliphatic rings. The first-order valence-corrected chi connectivity index (χ1v) is 5.29. The first-order valence-electron chi connectivity index (χ1n) is 5.29. The molecule has 0 atom stereocenters. The first kappa shape index (κ1) is 9.97. The Hall–Kier alpha value is -1.57. The van der Waals surface area contributed by atoms with Crippen LogP contribution >= 0.6 is 0 Å². The molecule has 0 spiro atoms. The predicted octanol–water partition coefficient (Wildman–Crippen LogP) is 3.51. The SMILES string of the molecule is Cc1c[nH]nc1-c1ccc(C(C)C)cc1. The van der Waals surface area contributed by atoms with Crippen molar-refractivity contribution in [2.75, 3.05) is 0 Å². The van der Waals surface area contributed by atoms with Crippen LogP contribution in [0.2, 0.25) is 0 Å². The van der Waals surface area contributed by atoms with Crippen molar-refractivity contribution < 1.29 is 0 Å². The van der Waals surface area contributed by atoms with Gasteiger partial charge in [-0.2, -0.15) is 5.10 Å². The summed E-state index contributed by atoms with van der Waals surface area (Å²) >= 11 is 0. The van der Waals surface area contributed by atoms with Crippen molar-refractivity contribution in [1.82, 2.24) is 10.2 Å². The third-order valence-corrected chi connectivity index (χ3v) is 2.68. The van der Waals surface area contributed by atoms with E-state index < -0.39 is 0 Å². The molecule has 2 heteroatoms. The standard InChI is InChI=1S/C13H16N2/c1-9(2)11-4-6-12(7-5-11)13-10(3)8-14-15-13/h4-9H,1-3H3,(H,14,15). The Morgan fingerprint density at radius 1 is 1.13 bits per heavy atom. The van der Waals surface area contributed by atoms with E-state index in [0.717, 1.165) is 5.69 Å². The zero-order chi connectivity index (χ0) is 10.8. The quantitative estimate of drug-likeness (QED) is 0.789. The minimum absolute atomic E-state index is 0.583. The van der Waals surface area contributed by atoms with Gasteiger partial charge in [0.1, 0.15) is 0 Å². The molecule has 0 bridgehead atoms. The van der Waals surface area contributed by atoms with E-state index in [4.69, 9.17) is 0 Å². The van der Waals surface area contributed by atoms with E-state index in [-0.39, 0.29) is 0 Å². The molecule has 0 saturated heterocycles. The van der Waals surface area contributed by atoms with Gasteiger partial charge in [-0.3, -0.25) is 5.10 Å². The van der Waals surface area contributed by atoms with Crippen molar-refractivity contribution in [3.8, 4) is 11.3 Å². The molecule has 2 aromatic rings. The predicted molar refractivity (Wildman–Crippen MR) is 62.8 cm³/mol. The number of hydrogen-bond acceptors (Lipinski definition) is 1. The molecule has 0 amide bonds. The summed E-state index contributed by atoms with van der Waals surface area (Å²) in [6.07, 6.45) is 1.92. The lowest BCUT2D eigenvalue weighted by atomic mass is 10.0. The molecule has 2 rings (SSSR count). The zero-order valence-electron chi connectivity index (χ0n) is 9.41. The Labute approximate surface area is 90.3 Å². The fraction of sp³-hybridized carbons (Fsp3) is 0.308. The van der Waals surface area contributed by atoms with E-state index in [1.807, 2.05) is 6.20 Å². The number of aromatic amines is 1. The number of aromatic nitrogens is 2. The molecule has 0 radical (unpaired) electrons. The van der Waals surface area contributed by atoms with Gasteiger partial charge in [0, 0.05) is 11.8 Å². The van der Waals surface area contributed by atoms with E-state index >= 15 is 0 Å². The van der Waals surface area contributed by atoms with Crippen LogP contribution in [0.4, 0.5) is 0 Å². The Bertz CT molecular complexity index is 438. The van der Waals surface area contributed by atoms with E-state index in [9.17, 15) is 0 Å². The second-order valence-electron chi connectivity index (χ2n) is 4.19. The molecule has 0 aliphatic carbocycles. The van der Waals surface area contributed by atoms with Gasteiger partial charge in [0.05, 0.1) is 5.69 Å². The van der Waals surface area contributed by atoms with Crippen LogP contribution in [0.3, 0.4) is 0 Å². The summed E-state index contributed by atoms with van der Waals surface area (Å²) < 4.78 is 0. The van der Waals surface area contributed by atoms with Gasteiger partial charge in [0.2, 0.25) is 0 Å². The van der Waals surface area contributed by atoms with Crippen molar-refractivity contribution in [3.05, 3.63) is 41.6 Å². The van der Waals surface area contributed by atoms with Gasteiger partial charge in [0.25, 0.3) is 0 Å². The average molecular weight is 200 g/mol. The lowest BCUT2D eigenvalue weighted by Gasteiger charge is -2.05. The normalized spacial score (nSPS) is 10.9. The number of hydrogen-bond donors (Lipinski definition) is 1. The minimum Gasteiger partial charge on any atom is -0.285 e. The van der Waals surface area contributed by atoms with Crippen LogP contribution in [0.25, 0.3) is 11.3 Å². The average Bonchev–Trinajstić information content (AvgIpc) is 2.65. The highest BCUT2D eigenvalue weighted by molar-refractivity contribution is 5.62. The maximum Gasteiger partial charge on any atom is 0.0949 e. The number of benzene rings is 1. The molecular formula is C13H16N2. The fourth-order valence-electron chi connectivity index (χ4n) is 1.67. The van der Waals surface area contributed by atoms with Gasteiger partial charge >= 0.3 is 0 Å². The number of nitrogens with zero attached hydrogens (tertiary/aromatic N) is 1. The molecule has 1 N–H and O–H groups in total. The Morgan fingerprint density at radius 3 is 2.27 bits per heavy atom. The number of rotatable bonds is 2. The highest BCUT2D eigenvalue weighted by atomic mass is 15.1. The number of aryl methyl sites for hydroxylation is 1. The van der Waals surface area contributed by atoms with Crippen LogP contribution in [0.1, 0.15) is 30.9 Å². The smallest absolute Gasteiger partial charge is 0.0949 e. The lowest BCUT2D eigenvalue weighted by molar-refractivity contribution is 0.867. The van der Waals surface area contributed by atoms with Gasteiger partial charge in [-0.15, -0.1) is 0 Å². The summed E-state index contributed by atoms with van der Waals surface area (Å²) in [6.45, 7) is 6.47. The van der Waals surface area contributed by atoms with Crippen molar-refractivity contribution in [2.24, 2.45) is 0 Å². The Morgan fingerprint density at radius 2 is 1.80 bits per heavy atom. The molecule has 0 unspecified atom stereocenters. The Kier molecular flexibility index (Phi) is 2.58.